The monoisotopic (exact) mass is 267 g/mol. The second-order valence-corrected chi connectivity index (χ2v) is 4.79. The zero-order valence-corrected chi connectivity index (χ0v) is 10.9. The molecule has 1 amide bonds. The number of nitrogens with zero attached hydrogens (tertiary/aromatic N) is 1. The van der Waals surface area contributed by atoms with Gasteiger partial charge in [0.15, 0.2) is 0 Å². The summed E-state index contributed by atoms with van der Waals surface area (Å²) in [6, 6.07) is 4.27. The standard InChI is InChI=1S/C14H18FNO3/c1-19-9-11-7-10(4-5-13(11)15)14(18)16-6-2-3-12(17)8-16/h4-5,7,12,17H,2-3,6,8-9H2,1H3. The summed E-state index contributed by atoms with van der Waals surface area (Å²) in [5.74, 6) is -0.548. The molecule has 1 unspecified atom stereocenters. The van der Waals surface area contributed by atoms with E-state index in [1.165, 1.54) is 25.3 Å². The molecule has 1 aliphatic rings. The maximum Gasteiger partial charge on any atom is 0.253 e. The maximum absolute atomic E-state index is 13.5. The molecule has 0 saturated carbocycles. The van der Waals surface area contributed by atoms with Gasteiger partial charge in [-0.2, -0.15) is 0 Å². The molecule has 0 spiro atoms. The van der Waals surface area contributed by atoms with Crippen LogP contribution in [0.2, 0.25) is 0 Å². The van der Waals surface area contributed by atoms with Crippen LogP contribution in [0.15, 0.2) is 18.2 Å². The number of aliphatic hydroxyl groups is 1. The molecule has 1 aromatic rings. The minimum absolute atomic E-state index is 0.135. The van der Waals surface area contributed by atoms with Gasteiger partial charge in [-0.05, 0) is 31.0 Å². The molecule has 0 radical (unpaired) electrons. The highest BCUT2D eigenvalue weighted by Crippen LogP contribution is 2.17. The number of hydrogen-bond acceptors (Lipinski definition) is 3. The Kier molecular flexibility index (Phi) is 4.50. The largest absolute Gasteiger partial charge is 0.391 e. The molecule has 1 heterocycles. The minimum atomic E-state index is -0.461. The van der Waals surface area contributed by atoms with E-state index in [9.17, 15) is 14.3 Å². The Bertz CT molecular complexity index is 464. The van der Waals surface area contributed by atoms with Crippen LogP contribution in [0.1, 0.15) is 28.8 Å². The quantitative estimate of drug-likeness (QED) is 0.904. The number of halogens is 1. The smallest absolute Gasteiger partial charge is 0.253 e. The molecular weight excluding hydrogens is 249 g/mol. The topological polar surface area (TPSA) is 49.8 Å². The number of carbonyl (C=O) groups excluding carboxylic acids is 1. The molecule has 0 aromatic heterocycles. The molecule has 1 N–H and O–H groups in total. The van der Waals surface area contributed by atoms with Crippen molar-refractivity contribution in [2.24, 2.45) is 0 Å². The van der Waals surface area contributed by atoms with Crippen molar-refractivity contribution in [1.82, 2.24) is 4.90 Å². The van der Waals surface area contributed by atoms with Crippen molar-refractivity contribution in [2.75, 3.05) is 20.2 Å². The van der Waals surface area contributed by atoms with Gasteiger partial charge >= 0.3 is 0 Å². The molecule has 4 nitrogen and oxygen atoms in total. The van der Waals surface area contributed by atoms with Crippen molar-refractivity contribution in [2.45, 2.75) is 25.6 Å². The molecule has 0 aliphatic carbocycles. The SMILES string of the molecule is COCc1cc(C(=O)N2CCCC(O)C2)ccc1F. The van der Waals surface area contributed by atoms with Gasteiger partial charge in [0.05, 0.1) is 12.7 Å². The Balaban J connectivity index is 2.16. The van der Waals surface area contributed by atoms with Crippen molar-refractivity contribution in [3.63, 3.8) is 0 Å². The van der Waals surface area contributed by atoms with Gasteiger partial charge in [-0.1, -0.05) is 0 Å². The van der Waals surface area contributed by atoms with Gasteiger partial charge in [-0.3, -0.25) is 4.79 Å². The lowest BCUT2D eigenvalue weighted by molar-refractivity contribution is 0.0473. The van der Waals surface area contributed by atoms with E-state index >= 15 is 0 Å². The van der Waals surface area contributed by atoms with Crippen LogP contribution in [-0.2, 0) is 11.3 Å². The first-order valence-electron chi connectivity index (χ1n) is 6.36. The molecular formula is C14H18FNO3. The van der Waals surface area contributed by atoms with Gasteiger partial charge in [0.25, 0.3) is 5.91 Å². The Morgan fingerprint density at radius 2 is 2.37 bits per heavy atom. The third kappa shape index (κ3) is 3.30. The van der Waals surface area contributed by atoms with Crippen molar-refractivity contribution >= 4 is 5.91 Å². The summed E-state index contributed by atoms with van der Waals surface area (Å²) in [5, 5.41) is 9.58. The Morgan fingerprint density at radius 3 is 3.05 bits per heavy atom. The van der Waals surface area contributed by atoms with Crippen LogP contribution in [0, 0.1) is 5.82 Å². The molecule has 2 rings (SSSR count). The first kappa shape index (κ1) is 14.0. The average molecular weight is 267 g/mol. The lowest BCUT2D eigenvalue weighted by Gasteiger charge is -2.30. The van der Waals surface area contributed by atoms with E-state index in [4.69, 9.17) is 4.74 Å². The third-order valence-electron chi connectivity index (χ3n) is 3.28. The predicted molar refractivity (Wildman–Crippen MR) is 68.3 cm³/mol. The minimum Gasteiger partial charge on any atom is -0.391 e. The van der Waals surface area contributed by atoms with Crippen LogP contribution in [0.4, 0.5) is 4.39 Å². The third-order valence-corrected chi connectivity index (χ3v) is 3.28. The number of methoxy groups -OCH3 is 1. The van der Waals surface area contributed by atoms with Gasteiger partial charge < -0.3 is 14.7 Å². The number of likely N-dealkylation sites (tertiary alicyclic amines) is 1. The van der Waals surface area contributed by atoms with Crippen LogP contribution in [0.3, 0.4) is 0 Å². The number of β-amino-alcohol motifs (C(OH)–C–C–N with tert-alkyl or cyclic N) is 1. The fourth-order valence-electron chi connectivity index (χ4n) is 2.30. The molecule has 0 bridgehead atoms. The Hall–Kier alpha value is -1.46. The van der Waals surface area contributed by atoms with E-state index in [1.807, 2.05) is 0 Å². The normalized spacial score (nSPS) is 19.5. The predicted octanol–water partition coefficient (Wildman–Crippen LogP) is 1.57. The molecule has 1 fully saturated rings. The summed E-state index contributed by atoms with van der Waals surface area (Å²) in [6.07, 6.45) is 1.05. The molecule has 19 heavy (non-hydrogen) atoms. The van der Waals surface area contributed by atoms with Crippen LogP contribution >= 0.6 is 0 Å². The summed E-state index contributed by atoms with van der Waals surface area (Å²) in [4.78, 5) is 13.9. The molecule has 1 aromatic carbocycles. The van der Waals surface area contributed by atoms with Gasteiger partial charge in [0.2, 0.25) is 0 Å². The van der Waals surface area contributed by atoms with Crippen molar-refractivity contribution in [1.29, 1.82) is 0 Å². The van der Waals surface area contributed by atoms with Gasteiger partial charge in [-0.15, -0.1) is 0 Å². The van der Waals surface area contributed by atoms with E-state index < -0.39 is 6.10 Å². The zero-order valence-electron chi connectivity index (χ0n) is 10.9. The number of piperidine rings is 1. The highest BCUT2D eigenvalue weighted by atomic mass is 19.1. The Morgan fingerprint density at radius 1 is 1.58 bits per heavy atom. The number of rotatable bonds is 3. The zero-order chi connectivity index (χ0) is 13.8. The second kappa shape index (κ2) is 6.12. The van der Waals surface area contributed by atoms with Gasteiger partial charge in [0, 0.05) is 31.3 Å². The van der Waals surface area contributed by atoms with E-state index in [-0.39, 0.29) is 18.3 Å². The number of aliphatic hydroxyl groups excluding tert-OH is 1. The van der Waals surface area contributed by atoms with Crippen LogP contribution < -0.4 is 0 Å². The highest BCUT2D eigenvalue weighted by molar-refractivity contribution is 5.94. The number of amides is 1. The maximum atomic E-state index is 13.5. The number of benzene rings is 1. The molecule has 1 saturated heterocycles. The second-order valence-electron chi connectivity index (χ2n) is 4.79. The molecule has 104 valence electrons. The first-order chi connectivity index (χ1) is 9.11. The summed E-state index contributed by atoms with van der Waals surface area (Å²) < 4.78 is 18.4. The van der Waals surface area contributed by atoms with Gasteiger partial charge in [-0.25, -0.2) is 4.39 Å². The van der Waals surface area contributed by atoms with Crippen molar-refractivity contribution < 1.29 is 19.0 Å². The van der Waals surface area contributed by atoms with Crippen LogP contribution in [0.5, 0.6) is 0 Å². The average Bonchev–Trinajstić information content (AvgIpc) is 2.41. The van der Waals surface area contributed by atoms with Gasteiger partial charge in [0.1, 0.15) is 5.82 Å². The fraction of sp³-hybridized carbons (Fsp3) is 0.500. The highest BCUT2D eigenvalue weighted by Gasteiger charge is 2.23. The molecule has 5 heteroatoms. The van der Waals surface area contributed by atoms with E-state index in [1.54, 1.807) is 4.90 Å². The van der Waals surface area contributed by atoms with E-state index in [0.29, 0.717) is 24.2 Å². The van der Waals surface area contributed by atoms with Crippen molar-refractivity contribution in [3.8, 4) is 0 Å². The lowest BCUT2D eigenvalue weighted by atomic mass is 10.1. The number of carbonyl (C=O) groups is 1. The molecule has 1 aliphatic heterocycles. The summed E-state index contributed by atoms with van der Waals surface area (Å²) in [6.45, 7) is 1.11. The number of ether oxygens (including phenoxy) is 1. The van der Waals surface area contributed by atoms with E-state index in [0.717, 1.165) is 12.8 Å². The summed E-state index contributed by atoms with van der Waals surface area (Å²) >= 11 is 0. The fourth-order valence-corrected chi connectivity index (χ4v) is 2.30. The van der Waals surface area contributed by atoms with Crippen LogP contribution in [0.25, 0.3) is 0 Å². The van der Waals surface area contributed by atoms with Crippen LogP contribution in [-0.4, -0.2) is 42.2 Å². The summed E-state index contributed by atoms with van der Waals surface area (Å²) in [7, 11) is 1.48. The summed E-state index contributed by atoms with van der Waals surface area (Å²) in [5.41, 5.74) is 0.799. The Labute approximate surface area is 111 Å². The molecule has 1 atom stereocenters. The lowest BCUT2D eigenvalue weighted by Crippen LogP contribution is -2.42. The first-order valence-corrected chi connectivity index (χ1v) is 6.36. The van der Waals surface area contributed by atoms with E-state index in [2.05, 4.69) is 0 Å². The number of hydrogen-bond donors (Lipinski definition) is 1. The van der Waals surface area contributed by atoms with Crippen molar-refractivity contribution in [3.05, 3.63) is 35.1 Å².